The zero-order chi connectivity index (χ0) is 22.5. The van der Waals surface area contributed by atoms with Crippen LogP contribution in [0, 0.1) is 13.8 Å². The van der Waals surface area contributed by atoms with Crippen LogP contribution in [0.25, 0.3) is 6.08 Å². The monoisotopic (exact) mass is 500 g/mol. The maximum atomic E-state index is 12.8. The van der Waals surface area contributed by atoms with Crippen LogP contribution in [0.15, 0.2) is 58.4 Å². The molecule has 2 aromatic carbocycles. The van der Waals surface area contributed by atoms with Gasteiger partial charge in [0, 0.05) is 15.7 Å². The second-order valence-electron chi connectivity index (χ2n) is 6.92. The Bertz CT molecular complexity index is 1100. The van der Waals surface area contributed by atoms with Crippen molar-refractivity contribution in [2.24, 2.45) is 0 Å². The summed E-state index contributed by atoms with van der Waals surface area (Å²) in [7, 11) is 0. The van der Waals surface area contributed by atoms with Crippen LogP contribution < -0.4 is 10.1 Å². The Kier molecular flexibility index (Phi) is 7.35. The van der Waals surface area contributed by atoms with Crippen molar-refractivity contribution in [2.45, 2.75) is 13.8 Å². The van der Waals surface area contributed by atoms with Crippen LogP contribution in [0.3, 0.4) is 0 Å². The lowest BCUT2D eigenvalue weighted by Gasteiger charge is -2.14. The fourth-order valence-electron chi connectivity index (χ4n) is 2.89. The number of carbonyl (C=O) groups is 3. The number of nitrogens with zero attached hydrogens (tertiary/aromatic N) is 1. The Hall–Kier alpha value is -2.84. The molecular formula is C23H21BrN2O4S. The van der Waals surface area contributed by atoms with Gasteiger partial charge in [0.25, 0.3) is 11.1 Å². The summed E-state index contributed by atoms with van der Waals surface area (Å²) in [6, 6.07) is 11.1. The summed E-state index contributed by atoms with van der Waals surface area (Å²) in [6.45, 7) is 7.38. The number of anilines is 1. The Morgan fingerprint density at radius 2 is 2.00 bits per heavy atom. The molecule has 0 spiro atoms. The predicted octanol–water partition coefficient (Wildman–Crippen LogP) is 5.31. The van der Waals surface area contributed by atoms with Gasteiger partial charge in [0.2, 0.25) is 5.91 Å². The molecule has 2 aromatic rings. The lowest BCUT2D eigenvalue weighted by molar-refractivity contribution is -0.127. The van der Waals surface area contributed by atoms with Gasteiger partial charge in [-0.2, -0.15) is 0 Å². The number of amides is 3. The van der Waals surface area contributed by atoms with Crippen molar-refractivity contribution < 1.29 is 19.1 Å². The lowest BCUT2D eigenvalue weighted by atomic mass is 10.1. The molecule has 1 aliphatic rings. The van der Waals surface area contributed by atoms with Crippen molar-refractivity contribution >= 4 is 56.5 Å². The van der Waals surface area contributed by atoms with Crippen molar-refractivity contribution in [3.63, 3.8) is 0 Å². The molecule has 1 aliphatic heterocycles. The van der Waals surface area contributed by atoms with Crippen LogP contribution in [0.5, 0.6) is 5.75 Å². The molecule has 3 rings (SSSR count). The standard InChI is InChI=1S/C23H21BrN2O4S/c1-4-9-30-19-8-7-17(24)11-16(19)12-20-22(28)26(23(29)31-20)13-21(27)25-18-10-14(2)5-6-15(18)3/h4-8,10-12H,1,9,13H2,2-3H3,(H,25,27)/b20-12+. The summed E-state index contributed by atoms with van der Waals surface area (Å²) < 4.78 is 6.43. The number of halogens is 1. The molecule has 0 radical (unpaired) electrons. The number of rotatable bonds is 7. The number of nitrogens with one attached hydrogen (secondary N) is 1. The summed E-state index contributed by atoms with van der Waals surface area (Å²) in [5, 5.41) is 2.28. The number of hydrogen-bond acceptors (Lipinski definition) is 5. The molecule has 0 atom stereocenters. The number of hydrogen-bond donors (Lipinski definition) is 1. The highest BCUT2D eigenvalue weighted by Gasteiger charge is 2.36. The molecular weight excluding hydrogens is 480 g/mol. The lowest BCUT2D eigenvalue weighted by Crippen LogP contribution is -2.36. The average molecular weight is 501 g/mol. The van der Waals surface area contributed by atoms with Gasteiger partial charge in [-0.05, 0) is 67.1 Å². The van der Waals surface area contributed by atoms with Crippen LogP contribution in [0.1, 0.15) is 16.7 Å². The van der Waals surface area contributed by atoms with Crippen molar-refractivity contribution in [3.05, 3.63) is 75.1 Å². The van der Waals surface area contributed by atoms with E-state index in [1.165, 1.54) is 0 Å². The summed E-state index contributed by atoms with van der Waals surface area (Å²) in [5.41, 5.74) is 3.19. The minimum Gasteiger partial charge on any atom is -0.489 e. The topological polar surface area (TPSA) is 75.7 Å². The summed E-state index contributed by atoms with van der Waals surface area (Å²) in [4.78, 5) is 38.9. The molecule has 31 heavy (non-hydrogen) atoms. The summed E-state index contributed by atoms with van der Waals surface area (Å²) in [6.07, 6.45) is 3.21. The van der Waals surface area contributed by atoms with Crippen LogP contribution in [-0.2, 0) is 9.59 Å². The zero-order valence-corrected chi connectivity index (χ0v) is 19.5. The molecule has 1 N–H and O–H groups in total. The number of aryl methyl sites for hydroxylation is 2. The SMILES string of the molecule is C=CCOc1ccc(Br)cc1/C=C1/SC(=O)N(CC(=O)Nc2cc(C)ccc2C)C1=O. The second-order valence-corrected chi connectivity index (χ2v) is 8.83. The first-order valence-electron chi connectivity index (χ1n) is 9.44. The molecule has 8 heteroatoms. The maximum Gasteiger partial charge on any atom is 0.294 e. The first-order valence-corrected chi connectivity index (χ1v) is 11.0. The summed E-state index contributed by atoms with van der Waals surface area (Å²) in [5.74, 6) is -0.391. The molecule has 0 bridgehead atoms. The fraction of sp³-hybridized carbons (Fsp3) is 0.174. The Balaban J connectivity index is 1.76. The van der Waals surface area contributed by atoms with Gasteiger partial charge in [-0.25, -0.2) is 0 Å². The van der Waals surface area contributed by atoms with E-state index in [1.54, 1.807) is 24.3 Å². The summed E-state index contributed by atoms with van der Waals surface area (Å²) >= 11 is 4.20. The predicted molar refractivity (Wildman–Crippen MR) is 127 cm³/mol. The molecule has 0 saturated carbocycles. The van der Waals surface area contributed by atoms with Gasteiger partial charge >= 0.3 is 0 Å². The quantitative estimate of drug-likeness (QED) is 0.412. The van der Waals surface area contributed by atoms with Crippen LogP contribution in [-0.4, -0.2) is 35.1 Å². The molecule has 1 fully saturated rings. The Morgan fingerprint density at radius 1 is 1.23 bits per heavy atom. The Labute approximate surface area is 193 Å². The molecule has 1 heterocycles. The largest absolute Gasteiger partial charge is 0.489 e. The van der Waals surface area contributed by atoms with Crippen molar-refractivity contribution in [3.8, 4) is 5.75 Å². The smallest absolute Gasteiger partial charge is 0.294 e. The minimum atomic E-state index is -0.513. The van der Waals surface area contributed by atoms with E-state index in [9.17, 15) is 14.4 Å². The highest BCUT2D eigenvalue weighted by atomic mass is 79.9. The fourth-order valence-corrected chi connectivity index (χ4v) is 4.10. The first kappa shape index (κ1) is 22.8. The molecule has 6 nitrogen and oxygen atoms in total. The zero-order valence-electron chi connectivity index (χ0n) is 17.1. The molecule has 160 valence electrons. The van der Waals surface area contributed by atoms with Crippen molar-refractivity contribution in [2.75, 3.05) is 18.5 Å². The van der Waals surface area contributed by atoms with Crippen LogP contribution >= 0.6 is 27.7 Å². The number of benzene rings is 2. The first-order chi connectivity index (χ1) is 14.8. The van der Waals surface area contributed by atoms with Gasteiger partial charge in [-0.3, -0.25) is 19.3 Å². The molecule has 0 aliphatic carbocycles. The van der Waals surface area contributed by atoms with Crippen molar-refractivity contribution in [1.82, 2.24) is 4.90 Å². The minimum absolute atomic E-state index is 0.228. The van der Waals surface area contributed by atoms with E-state index < -0.39 is 17.1 Å². The molecule has 1 saturated heterocycles. The number of carbonyl (C=O) groups excluding carboxylic acids is 3. The van der Waals surface area contributed by atoms with Gasteiger partial charge in [0.1, 0.15) is 18.9 Å². The Morgan fingerprint density at radius 3 is 2.74 bits per heavy atom. The van der Waals surface area contributed by atoms with E-state index >= 15 is 0 Å². The highest BCUT2D eigenvalue weighted by Crippen LogP contribution is 2.35. The maximum absolute atomic E-state index is 12.8. The third-order valence-corrected chi connectivity index (χ3v) is 5.86. The molecule has 3 amide bonds. The van der Waals surface area contributed by atoms with E-state index in [0.717, 1.165) is 32.3 Å². The number of ether oxygens (including phenoxy) is 1. The molecule has 0 aromatic heterocycles. The molecule has 0 unspecified atom stereocenters. The normalized spacial score (nSPS) is 14.8. The third-order valence-electron chi connectivity index (χ3n) is 4.46. The van der Waals surface area contributed by atoms with Crippen LogP contribution in [0.2, 0.25) is 0 Å². The average Bonchev–Trinajstić information content (AvgIpc) is 2.97. The van der Waals surface area contributed by atoms with E-state index in [-0.39, 0.29) is 11.4 Å². The van der Waals surface area contributed by atoms with E-state index in [0.29, 0.717) is 23.6 Å². The third kappa shape index (κ3) is 5.65. The van der Waals surface area contributed by atoms with Gasteiger partial charge in [0.05, 0.1) is 4.91 Å². The van der Waals surface area contributed by atoms with Crippen molar-refractivity contribution in [1.29, 1.82) is 0 Å². The van der Waals surface area contributed by atoms with E-state index in [2.05, 4.69) is 27.8 Å². The van der Waals surface area contributed by atoms with Gasteiger partial charge in [-0.1, -0.05) is 40.7 Å². The highest BCUT2D eigenvalue weighted by molar-refractivity contribution is 9.10. The van der Waals surface area contributed by atoms with Gasteiger partial charge < -0.3 is 10.1 Å². The van der Waals surface area contributed by atoms with Gasteiger partial charge in [-0.15, -0.1) is 0 Å². The van der Waals surface area contributed by atoms with Gasteiger partial charge in [0.15, 0.2) is 0 Å². The van der Waals surface area contributed by atoms with Crippen LogP contribution in [0.4, 0.5) is 10.5 Å². The number of thioether (sulfide) groups is 1. The second kappa shape index (κ2) is 9.98. The number of imide groups is 1. The van der Waals surface area contributed by atoms with E-state index in [4.69, 9.17) is 4.74 Å². The van der Waals surface area contributed by atoms with E-state index in [1.807, 2.05) is 38.1 Å².